The molecule has 1 atom stereocenters. The molecule has 4 nitrogen and oxygen atoms in total. The molecule has 2 aromatic carbocycles. The van der Waals surface area contributed by atoms with Crippen molar-refractivity contribution >= 4 is 17.5 Å². The first kappa shape index (κ1) is 14.7. The van der Waals surface area contributed by atoms with E-state index in [9.17, 15) is 4.79 Å². The SMILES string of the molecule is COc1cc2c(cc1OC)[C@@H](c1ccc(Cl)cc1)NC(=O)C2. The monoisotopic (exact) mass is 317 g/mol. The molecule has 2 aromatic rings. The molecule has 22 heavy (non-hydrogen) atoms. The smallest absolute Gasteiger partial charge is 0.225 e. The van der Waals surface area contributed by atoms with Crippen molar-refractivity contribution in [1.82, 2.24) is 5.32 Å². The van der Waals surface area contributed by atoms with E-state index in [-0.39, 0.29) is 11.9 Å². The van der Waals surface area contributed by atoms with Crippen molar-refractivity contribution in [3.8, 4) is 11.5 Å². The van der Waals surface area contributed by atoms with Crippen molar-refractivity contribution in [1.29, 1.82) is 0 Å². The molecule has 0 aliphatic carbocycles. The molecule has 1 aliphatic heterocycles. The van der Waals surface area contributed by atoms with Gasteiger partial charge in [-0.05, 0) is 41.0 Å². The predicted molar refractivity (Wildman–Crippen MR) is 84.7 cm³/mol. The van der Waals surface area contributed by atoms with Crippen LogP contribution in [0.15, 0.2) is 36.4 Å². The Kier molecular flexibility index (Phi) is 3.94. The number of rotatable bonds is 3. The normalized spacial score (nSPS) is 16.7. The number of hydrogen-bond donors (Lipinski definition) is 1. The minimum absolute atomic E-state index is 0.0142. The molecular formula is C17H16ClNO3. The van der Waals surface area contributed by atoms with Crippen molar-refractivity contribution in [2.24, 2.45) is 0 Å². The average Bonchev–Trinajstić information content (AvgIpc) is 2.53. The lowest BCUT2D eigenvalue weighted by Gasteiger charge is -2.28. The van der Waals surface area contributed by atoms with E-state index < -0.39 is 0 Å². The Hall–Kier alpha value is -2.20. The van der Waals surface area contributed by atoms with Crippen LogP contribution in [0.3, 0.4) is 0 Å². The number of carbonyl (C=O) groups is 1. The number of amides is 1. The zero-order chi connectivity index (χ0) is 15.7. The number of benzene rings is 2. The maximum atomic E-state index is 12.0. The molecule has 114 valence electrons. The van der Waals surface area contributed by atoms with E-state index >= 15 is 0 Å². The van der Waals surface area contributed by atoms with E-state index in [4.69, 9.17) is 21.1 Å². The van der Waals surface area contributed by atoms with E-state index in [0.717, 1.165) is 16.7 Å². The molecule has 1 amide bonds. The standard InChI is InChI=1S/C17H16ClNO3/c1-21-14-7-11-8-16(20)19-17(13(11)9-15(14)22-2)10-3-5-12(18)6-4-10/h3-7,9,17H,8H2,1-2H3,(H,19,20)/t17-/m1/s1. The lowest BCUT2D eigenvalue weighted by Crippen LogP contribution is -2.35. The van der Waals surface area contributed by atoms with Crippen molar-refractivity contribution in [2.75, 3.05) is 14.2 Å². The summed E-state index contributed by atoms with van der Waals surface area (Å²) in [7, 11) is 3.19. The van der Waals surface area contributed by atoms with Gasteiger partial charge >= 0.3 is 0 Å². The van der Waals surface area contributed by atoms with Crippen LogP contribution in [0.5, 0.6) is 11.5 Å². The number of carbonyl (C=O) groups excluding carboxylic acids is 1. The lowest BCUT2D eigenvalue weighted by atomic mass is 9.89. The number of halogens is 1. The predicted octanol–water partition coefficient (Wildman–Crippen LogP) is 3.12. The molecule has 0 aromatic heterocycles. The van der Waals surface area contributed by atoms with E-state index in [0.29, 0.717) is 22.9 Å². The van der Waals surface area contributed by atoms with Gasteiger partial charge in [0.15, 0.2) is 11.5 Å². The third kappa shape index (κ3) is 2.62. The summed E-state index contributed by atoms with van der Waals surface area (Å²) in [6.45, 7) is 0. The second-order valence-electron chi connectivity index (χ2n) is 5.13. The Morgan fingerprint density at radius 2 is 1.73 bits per heavy atom. The molecule has 1 heterocycles. The Morgan fingerprint density at radius 1 is 1.09 bits per heavy atom. The third-order valence-corrected chi connectivity index (χ3v) is 4.07. The van der Waals surface area contributed by atoms with Gasteiger partial charge in [-0.2, -0.15) is 0 Å². The van der Waals surface area contributed by atoms with Crippen LogP contribution in [-0.2, 0) is 11.2 Å². The topological polar surface area (TPSA) is 47.6 Å². The fraction of sp³-hybridized carbons (Fsp3) is 0.235. The van der Waals surface area contributed by atoms with Crippen LogP contribution >= 0.6 is 11.6 Å². The molecule has 0 saturated heterocycles. The summed E-state index contributed by atoms with van der Waals surface area (Å²) < 4.78 is 10.7. The van der Waals surface area contributed by atoms with Crippen molar-refractivity contribution in [3.05, 3.63) is 58.1 Å². The van der Waals surface area contributed by atoms with Crippen LogP contribution in [0, 0.1) is 0 Å². The van der Waals surface area contributed by atoms with Crippen molar-refractivity contribution < 1.29 is 14.3 Å². The highest BCUT2D eigenvalue weighted by Gasteiger charge is 2.27. The summed E-state index contributed by atoms with van der Waals surface area (Å²) in [6.07, 6.45) is 0.333. The van der Waals surface area contributed by atoms with Gasteiger partial charge in [0, 0.05) is 5.02 Å². The number of ether oxygens (including phenoxy) is 2. The van der Waals surface area contributed by atoms with Crippen molar-refractivity contribution in [3.63, 3.8) is 0 Å². The van der Waals surface area contributed by atoms with Gasteiger partial charge in [0.2, 0.25) is 5.91 Å². The molecule has 3 rings (SSSR count). The zero-order valence-electron chi connectivity index (χ0n) is 12.4. The molecular weight excluding hydrogens is 302 g/mol. The molecule has 0 fully saturated rings. The lowest BCUT2D eigenvalue weighted by molar-refractivity contribution is -0.121. The van der Waals surface area contributed by atoms with Crippen LogP contribution < -0.4 is 14.8 Å². The van der Waals surface area contributed by atoms with Gasteiger partial charge in [-0.3, -0.25) is 4.79 Å². The second-order valence-corrected chi connectivity index (χ2v) is 5.57. The number of fused-ring (bicyclic) bond motifs is 1. The highest BCUT2D eigenvalue weighted by molar-refractivity contribution is 6.30. The van der Waals surface area contributed by atoms with E-state index in [1.165, 1.54) is 0 Å². The Bertz CT molecular complexity index is 713. The minimum Gasteiger partial charge on any atom is -0.493 e. The molecule has 5 heteroatoms. The van der Waals surface area contributed by atoms with E-state index in [2.05, 4.69) is 5.32 Å². The maximum Gasteiger partial charge on any atom is 0.225 e. The molecule has 1 N–H and O–H groups in total. The summed E-state index contributed by atoms with van der Waals surface area (Å²) >= 11 is 5.94. The minimum atomic E-state index is -0.215. The molecule has 0 saturated carbocycles. The van der Waals surface area contributed by atoms with Crippen LogP contribution in [0.2, 0.25) is 5.02 Å². The van der Waals surface area contributed by atoms with Crippen molar-refractivity contribution in [2.45, 2.75) is 12.5 Å². The Morgan fingerprint density at radius 3 is 2.36 bits per heavy atom. The summed E-state index contributed by atoms with van der Waals surface area (Å²) in [5.41, 5.74) is 2.94. The summed E-state index contributed by atoms with van der Waals surface area (Å²) in [5, 5.41) is 3.68. The van der Waals surface area contributed by atoms with Gasteiger partial charge in [-0.15, -0.1) is 0 Å². The van der Waals surface area contributed by atoms with Gasteiger partial charge in [-0.25, -0.2) is 0 Å². The second kappa shape index (κ2) is 5.89. The van der Waals surface area contributed by atoms with Gasteiger partial charge < -0.3 is 14.8 Å². The zero-order valence-corrected chi connectivity index (χ0v) is 13.1. The van der Waals surface area contributed by atoms with Crippen LogP contribution in [-0.4, -0.2) is 20.1 Å². The molecule has 0 bridgehead atoms. The number of nitrogens with one attached hydrogen (secondary N) is 1. The average molecular weight is 318 g/mol. The van der Waals surface area contributed by atoms with E-state index in [1.807, 2.05) is 36.4 Å². The first-order valence-electron chi connectivity index (χ1n) is 6.92. The Labute approximate surface area is 134 Å². The quantitative estimate of drug-likeness (QED) is 0.946. The summed E-state index contributed by atoms with van der Waals surface area (Å²) in [5.74, 6) is 1.27. The largest absolute Gasteiger partial charge is 0.493 e. The van der Waals surface area contributed by atoms with Gasteiger partial charge in [0.05, 0.1) is 26.7 Å². The van der Waals surface area contributed by atoms with Gasteiger partial charge in [-0.1, -0.05) is 23.7 Å². The molecule has 0 radical (unpaired) electrons. The number of methoxy groups -OCH3 is 2. The molecule has 0 spiro atoms. The summed E-state index contributed by atoms with van der Waals surface area (Å²) in [4.78, 5) is 12.0. The Balaban J connectivity index is 2.11. The fourth-order valence-electron chi connectivity index (χ4n) is 2.74. The van der Waals surface area contributed by atoms with Gasteiger partial charge in [0.25, 0.3) is 0 Å². The molecule has 1 aliphatic rings. The maximum absolute atomic E-state index is 12.0. The van der Waals surface area contributed by atoms with Gasteiger partial charge in [0.1, 0.15) is 0 Å². The van der Waals surface area contributed by atoms with E-state index in [1.54, 1.807) is 14.2 Å². The summed E-state index contributed by atoms with van der Waals surface area (Å²) in [6, 6.07) is 11.0. The molecule has 0 unspecified atom stereocenters. The number of hydrogen-bond acceptors (Lipinski definition) is 3. The van der Waals surface area contributed by atoms with Crippen LogP contribution in [0.25, 0.3) is 0 Å². The fourth-order valence-corrected chi connectivity index (χ4v) is 2.87. The van der Waals surface area contributed by atoms with Crippen LogP contribution in [0.1, 0.15) is 22.7 Å². The first-order chi connectivity index (χ1) is 10.6. The third-order valence-electron chi connectivity index (χ3n) is 3.82. The first-order valence-corrected chi connectivity index (χ1v) is 7.30. The van der Waals surface area contributed by atoms with Crippen LogP contribution in [0.4, 0.5) is 0 Å². The highest BCUT2D eigenvalue weighted by atomic mass is 35.5. The highest BCUT2D eigenvalue weighted by Crippen LogP contribution is 2.37.